The summed E-state index contributed by atoms with van der Waals surface area (Å²) >= 11 is 2.99. The van der Waals surface area contributed by atoms with Gasteiger partial charge in [0.15, 0.2) is 11.5 Å². The first-order valence-corrected chi connectivity index (χ1v) is 11.9. The lowest BCUT2D eigenvalue weighted by atomic mass is 10.1. The third-order valence-corrected chi connectivity index (χ3v) is 7.56. The van der Waals surface area contributed by atoms with E-state index in [-0.39, 0.29) is 11.8 Å². The number of nitrogens with zero attached hydrogens (tertiary/aromatic N) is 2. The Balaban J connectivity index is 1.24. The Morgan fingerprint density at radius 2 is 1.39 bits per heavy atom. The zero-order valence-corrected chi connectivity index (χ0v) is 18.8. The normalized spacial score (nSPS) is 15.8. The Labute approximate surface area is 188 Å². The lowest BCUT2D eigenvalue weighted by molar-refractivity contribution is 0.0541. The molecule has 2 aromatic heterocycles. The van der Waals surface area contributed by atoms with E-state index in [1.54, 1.807) is 0 Å². The zero-order valence-electron chi connectivity index (χ0n) is 17.1. The highest BCUT2D eigenvalue weighted by Crippen LogP contribution is 2.37. The number of ether oxygens (including phenoxy) is 2. The topological polar surface area (TPSA) is 59.1 Å². The second-order valence-corrected chi connectivity index (χ2v) is 9.89. The van der Waals surface area contributed by atoms with E-state index in [0.29, 0.717) is 44.3 Å². The van der Waals surface area contributed by atoms with Crippen LogP contribution in [0.25, 0.3) is 10.4 Å². The highest BCUT2D eigenvalue weighted by molar-refractivity contribution is 7.17. The van der Waals surface area contributed by atoms with Gasteiger partial charge >= 0.3 is 0 Å². The van der Waals surface area contributed by atoms with Crippen molar-refractivity contribution in [2.24, 2.45) is 0 Å². The number of benzene rings is 1. The SMILES string of the molecule is Cc1ccc(C(=O)N2CCN(C(=O)c3ccc(-c4ccc5c(c4)OCCO5)s3)CC2)s1. The lowest BCUT2D eigenvalue weighted by Crippen LogP contribution is -2.50. The second-order valence-electron chi connectivity index (χ2n) is 7.52. The molecule has 0 unspecified atom stereocenters. The van der Waals surface area contributed by atoms with Crippen molar-refractivity contribution in [3.63, 3.8) is 0 Å². The molecule has 0 N–H and O–H groups in total. The van der Waals surface area contributed by atoms with E-state index in [1.165, 1.54) is 22.7 Å². The van der Waals surface area contributed by atoms with Crippen molar-refractivity contribution < 1.29 is 19.1 Å². The van der Waals surface area contributed by atoms with E-state index in [4.69, 9.17) is 9.47 Å². The first-order chi connectivity index (χ1) is 15.1. The van der Waals surface area contributed by atoms with Crippen molar-refractivity contribution in [1.29, 1.82) is 0 Å². The van der Waals surface area contributed by atoms with E-state index in [0.717, 1.165) is 31.7 Å². The number of fused-ring (bicyclic) bond motifs is 1. The van der Waals surface area contributed by atoms with Crippen LogP contribution < -0.4 is 9.47 Å². The van der Waals surface area contributed by atoms with Crippen molar-refractivity contribution in [3.05, 3.63) is 57.1 Å². The molecule has 31 heavy (non-hydrogen) atoms. The molecule has 0 saturated carbocycles. The van der Waals surface area contributed by atoms with Gasteiger partial charge in [0.1, 0.15) is 13.2 Å². The van der Waals surface area contributed by atoms with Crippen LogP contribution in [-0.2, 0) is 0 Å². The Hall–Kier alpha value is -2.84. The molecular formula is C23H22N2O4S2. The smallest absolute Gasteiger partial charge is 0.264 e. The molecule has 6 nitrogen and oxygen atoms in total. The highest BCUT2D eigenvalue weighted by Gasteiger charge is 2.27. The predicted molar refractivity (Wildman–Crippen MR) is 122 cm³/mol. The second kappa shape index (κ2) is 8.36. The molecule has 2 aliphatic heterocycles. The highest BCUT2D eigenvalue weighted by atomic mass is 32.1. The summed E-state index contributed by atoms with van der Waals surface area (Å²) in [5, 5.41) is 0. The van der Waals surface area contributed by atoms with Crippen LogP contribution in [0.15, 0.2) is 42.5 Å². The number of aryl methyl sites for hydroxylation is 1. The molecule has 1 fully saturated rings. The molecule has 2 amide bonds. The van der Waals surface area contributed by atoms with Crippen LogP contribution in [0, 0.1) is 6.92 Å². The summed E-state index contributed by atoms with van der Waals surface area (Å²) in [6, 6.07) is 13.6. The van der Waals surface area contributed by atoms with Gasteiger partial charge < -0.3 is 19.3 Å². The number of carbonyl (C=O) groups is 2. The molecule has 1 aromatic carbocycles. The minimum atomic E-state index is 0.0212. The van der Waals surface area contributed by atoms with E-state index >= 15 is 0 Å². The fourth-order valence-electron chi connectivity index (χ4n) is 3.78. The molecule has 2 aliphatic rings. The van der Waals surface area contributed by atoms with Crippen LogP contribution in [0.4, 0.5) is 0 Å². The fraction of sp³-hybridized carbons (Fsp3) is 0.304. The summed E-state index contributed by atoms with van der Waals surface area (Å²) in [6.45, 7) is 5.32. The van der Waals surface area contributed by atoms with E-state index in [1.807, 2.05) is 59.2 Å². The predicted octanol–water partition coefficient (Wildman–Crippen LogP) is 4.15. The summed E-state index contributed by atoms with van der Waals surface area (Å²) in [4.78, 5) is 32.9. The Kier molecular flexibility index (Phi) is 5.41. The maximum Gasteiger partial charge on any atom is 0.264 e. The maximum atomic E-state index is 13.0. The summed E-state index contributed by atoms with van der Waals surface area (Å²) < 4.78 is 11.3. The van der Waals surface area contributed by atoms with Crippen LogP contribution in [0.1, 0.15) is 24.2 Å². The number of hydrogen-bond acceptors (Lipinski definition) is 6. The van der Waals surface area contributed by atoms with Crippen LogP contribution in [0.5, 0.6) is 11.5 Å². The fourth-order valence-corrected chi connectivity index (χ4v) is 5.58. The van der Waals surface area contributed by atoms with Gasteiger partial charge in [-0.25, -0.2) is 0 Å². The number of amides is 2. The van der Waals surface area contributed by atoms with Crippen molar-refractivity contribution in [3.8, 4) is 21.9 Å². The average molecular weight is 455 g/mol. The monoisotopic (exact) mass is 454 g/mol. The third-order valence-electron chi connectivity index (χ3n) is 5.45. The molecule has 0 aliphatic carbocycles. The zero-order chi connectivity index (χ0) is 21.4. The molecular weight excluding hydrogens is 432 g/mol. The minimum absolute atomic E-state index is 0.0212. The summed E-state index contributed by atoms with van der Waals surface area (Å²) in [5.41, 5.74) is 1.01. The van der Waals surface area contributed by atoms with Crippen LogP contribution in [0.3, 0.4) is 0 Å². The van der Waals surface area contributed by atoms with E-state index in [2.05, 4.69) is 0 Å². The van der Waals surface area contributed by atoms with Gasteiger partial charge in [-0.15, -0.1) is 22.7 Å². The van der Waals surface area contributed by atoms with Crippen molar-refractivity contribution in [2.45, 2.75) is 6.92 Å². The molecule has 8 heteroatoms. The molecule has 0 bridgehead atoms. The van der Waals surface area contributed by atoms with Crippen molar-refractivity contribution >= 4 is 34.5 Å². The number of piperazine rings is 1. The van der Waals surface area contributed by atoms with Gasteiger partial charge in [0, 0.05) is 35.9 Å². The Morgan fingerprint density at radius 3 is 2.03 bits per heavy atom. The van der Waals surface area contributed by atoms with Gasteiger partial charge in [-0.05, 0) is 55.0 Å². The molecule has 0 atom stereocenters. The molecule has 4 heterocycles. The molecule has 160 valence electrons. The number of rotatable bonds is 3. The molecule has 0 spiro atoms. The molecule has 5 rings (SSSR count). The Bertz CT molecular complexity index is 1130. The van der Waals surface area contributed by atoms with Gasteiger partial charge in [-0.2, -0.15) is 0 Å². The van der Waals surface area contributed by atoms with Crippen molar-refractivity contribution in [1.82, 2.24) is 9.80 Å². The first kappa shape index (κ1) is 20.1. The summed E-state index contributed by atoms with van der Waals surface area (Å²) in [5.74, 6) is 1.58. The van der Waals surface area contributed by atoms with Crippen LogP contribution in [-0.4, -0.2) is 61.0 Å². The standard InChI is InChI=1S/C23H22N2O4S2/c1-15-2-5-20(30-15)22(26)24-8-10-25(11-9-24)23(27)21-7-6-19(31-21)16-3-4-17-18(14-16)29-13-12-28-17/h2-7,14H,8-13H2,1H3. The summed E-state index contributed by atoms with van der Waals surface area (Å²) in [6.07, 6.45) is 0. The number of hydrogen-bond donors (Lipinski definition) is 0. The van der Waals surface area contributed by atoms with Gasteiger partial charge in [0.25, 0.3) is 11.8 Å². The van der Waals surface area contributed by atoms with Gasteiger partial charge in [-0.3, -0.25) is 9.59 Å². The molecule has 1 saturated heterocycles. The van der Waals surface area contributed by atoms with Gasteiger partial charge in [0.05, 0.1) is 9.75 Å². The number of thiophene rings is 2. The van der Waals surface area contributed by atoms with Gasteiger partial charge in [-0.1, -0.05) is 0 Å². The minimum Gasteiger partial charge on any atom is -0.486 e. The third kappa shape index (κ3) is 4.05. The van der Waals surface area contributed by atoms with Crippen molar-refractivity contribution in [2.75, 3.05) is 39.4 Å². The quantitative estimate of drug-likeness (QED) is 0.597. The van der Waals surface area contributed by atoms with Crippen LogP contribution >= 0.6 is 22.7 Å². The van der Waals surface area contributed by atoms with E-state index in [9.17, 15) is 9.59 Å². The Morgan fingerprint density at radius 1 is 0.774 bits per heavy atom. The van der Waals surface area contributed by atoms with Gasteiger partial charge in [0.2, 0.25) is 0 Å². The number of carbonyl (C=O) groups excluding carboxylic acids is 2. The molecule has 3 aromatic rings. The van der Waals surface area contributed by atoms with E-state index < -0.39 is 0 Å². The first-order valence-electron chi connectivity index (χ1n) is 10.2. The lowest BCUT2D eigenvalue weighted by Gasteiger charge is -2.34. The average Bonchev–Trinajstić information content (AvgIpc) is 3.47. The summed E-state index contributed by atoms with van der Waals surface area (Å²) in [7, 11) is 0. The van der Waals surface area contributed by atoms with Crippen LogP contribution in [0.2, 0.25) is 0 Å². The largest absolute Gasteiger partial charge is 0.486 e. The maximum absolute atomic E-state index is 13.0. The molecule has 0 radical (unpaired) electrons.